The first kappa shape index (κ1) is 15.2. The Morgan fingerprint density at radius 3 is 3.12 bits per heavy atom. The van der Waals surface area contributed by atoms with Crippen molar-refractivity contribution in [3.8, 4) is 5.75 Å². The molecule has 0 aliphatic carbocycles. The number of hydrogen-bond acceptors (Lipinski definition) is 3. The maximum atomic E-state index is 10.7. The first-order chi connectivity index (χ1) is 12.7. The number of benzene rings is 2. The van der Waals surface area contributed by atoms with Crippen LogP contribution in [0.5, 0.6) is 5.75 Å². The second-order valence-corrected chi connectivity index (χ2v) is 7.01. The molecule has 26 heavy (non-hydrogen) atoms. The highest BCUT2D eigenvalue weighted by Gasteiger charge is 2.23. The van der Waals surface area contributed by atoms with Crippen molar-refractivity contribution >= 4 is 34.1 Å². The van der Waals surface area contributed by atoms with Gasteiger partial charge in [-0.25, -0.2) is 4.58 Å². The van der Waals surface area contributed by atoms with Gasteiger partial charge < -0.3 is 15.4 Å². The van der Waals surface area contributed by atoms with E-state index < -0.39 is 0 Å². The summed E-state index contributed by atoms with van der Waals surface area (Å²) >= 11 is 0. The Labute approximate surface area is 151 Å². The van der Waals surface area contributed by atoms with Crippen LogP contribution in [0, 0.1) is 0 Å². The molecule has 2 aliphatic rings. The molecule has 0 fully saturated rings. The number of rotatable bonds is 4. The molecule has 2 aliphatic heterocycles. The zero-order valence-corrected chi connectivity index (χ0v) is 14.7. The van der Waals surface area contributed by atoms with Crippen LogP contribution in [0.1, 0.15) is 12.0 Å². The summed E-state index contributed by atoms with van der Waals surface area (Å²) in [6.45, 7) is 1.73. The molecule has 0 spiro atoms. The van der Waals surface area contributed by atoms with Crippen LogP contribution < -0.4 is 20.5 Å². The molecule has 0 saturated heterocycles. The highest BCUT2D eigenvalue weighted by atomic mass is 16.3. The lowest BCUT2D eigenvalue weighted by atomic mass is 10.1. The number of aliphatic imine (C=N–C) groups is 1. The van der Waals surface area contributed by atoms with Crippen LogP contribution in [0.3, 0.4) is 0 Å². The third-order valence-corrected chi connectivity index (χ3v) is 5.44. The molecular weight excluding hydrogens is 324 g/mol. The van der Waals surface area contributed by atoms with Gasteiger partial charge in [-0.15, -0.1) is 0 Å². The average molecular weight is 345 g/mol. The first-order valence-corrected chi connectivity index (χ1v) is 9.02. The summed E-state index contributed by atoms with van der Waals surface area (Å²) in [6.07, 6.45) is 5.83. The van der Waals surface area contributed by atoms with Crippen molar-refractivity contribution in [2.75, 3.05) is 25.5 Å². The summed E-state index contributed by atoms with van der Waals surface area (Å²) in [5, 5.41) is 17.6. The molecule has 3 heterocycles. The molecule has 0 unspecified atom stereocenters. The highest BCUT2D eigenvalue weighted by molar-refractivity contribution is 6.08. The fourth-order valence-electron chi connectivity index (χ4n) is 4.00. The number of anilines is 1. The van der Waals surface area contributed by atoms with Crippen molar-refractivity contribution < 1.29 is 5.11 Å². The number of fused-ring (bicyclic) bond motifs is 1. The largest absolute Gasteiger partial charge is 0.504 e. The summed E-state index contributed by atoms with van der Waals surface area (Å²) in [6, 6.07) is 10.4. The topological polar surface area (TPSA) is 63.4 Å². The number of H-pyrrole nitrogens is 1. The van der Waals surface area contributed by atoms with Gasteiger partial charge in [0.15, 0.2) is 5.75 Å². The van der Waals surface area contributed by atoms with Gasteiger partial charge in [0, 0.05) is 42.3 Å². The molecule has 0 bridgehead atoms. The number of phenols is 1. The Bertz CT molecular complexity index is 1190. The molecule has 5 rings (SSSR count). The summed E-state index contributed by atoms with van der Waals surface area (Å²) < 4.78 is 2.24. The zero-order valence-electron chi connectivity index (χ0n) is 14.7. The number of nitrogens with one attached hydrogen (secondary N) is 2. The zero-order chi connectivity index (χ0) is 17.7. The van der Waals surface area contributed by atoms with E-state index >= 15 is 0 Å². The fourth-order valence-corrected chi connectivity index (χ4v) is 4.00. The van der Waals surface area contributed by atoms with Gasteiger partial charge in [0.2, 0.25) is 5.36 Å². The Balaban J connectivity index is 1.45. The van der Waals surface area contributed by atoms with E-state index in [0.29, 0.717) is 5.69 Å². The van der Waals surface area contributed by atoms with Gasteiger partial charge in [-0.1, -0.05) is 18.2 Å². The molecule has 3 aromatic rings. The van der Waals surface area contributed by atoms with E-state index in [-0.39, 0.29) is 5.75 Å². The Hall–Kier alpha value is -3.08. The van der Waals surface area contributed by atoms with Crippen LogP contribution >= 0.6 is 0 Å². The van der Waals surface area contributed by atoms with E-state index in [4.69, 9.17) is 0 Å². The number of hydrogen-bond donors (Lipinski definition) is 3. The summed E-state index contributed by atoms with van der Waals surface area (Å²) in [5.74, 6) is 0.254. The van der Waals surface area contributed by atoms with Crippen LogP contribution in [0.25, 0.3) is 16.5 Å². The number of aromatic amines is 1. The van der Waals surface area contributed by atoms with E-state index in [1.165, 1.54) is 16.5 Å². The van der Waals surface area contributed by atoms with Gasteiger partial charge in [0.1, 0.15) is 19.3 Å². The van der Waals surface area contributed by atoms with Gasteiger partial charge in [-0.2, -0.15) is 0 Å². The normalized spacial score (nSPS) is 15.0. The molecule has 3 N–H and O–H groups in total. The Morgan fingerprint density at radius 1 is 1.31 bits per heavy atom. The molecule has 5 heteroatoms. The lowest BCUT2D eigenvalue weighted by Crippen LogP contribution is -2.43. The number of aromatic hydroxyl groups is 1. The van der Waals surface area contributed by atoms with Crippen LogP contribution in [0.2, 0.25) is 0 Å². The van der Waals surface area contributed by atoms with Gasteiger partial charge >= 0.3 is 0 Å². The quantitative estimate of drug-likeness (QED) is 0.500. The minimum Gasteiger partial charge on any atom is -0.504 e. The Kier molecular flexibility index (Phi) is 3.35. The third kappa shape index (κ3) is 2.24. The maximum absolute atomic E-state index is 10.7. The van der Waals surface area contributed by atoms with Crippen molar-refractivity contribution in [3.05, 3.63) is 52.7 Å². The number of nitrogens with zero attached hydrogens (tertiary/aromatic N) is 2. The first-order valence-electron chi connectivity index (χ1n) is 9.02. The fraction of sp³-hybridized carbons (Fsp3) is 0.238. The third-order valence-electron chi connectivity index (χ3n) is 5.44. The highest BCUT2D eigenvalue weighted by Crippen LogP contribution is 2.32. The minimum absolute atomic E-state index is 0.254. The minimum atomic E-state index is 0.254. The van der Waals surface area contributed by atoms with E-state index in [2.05, 4.69) is 57.4 Å². The van der Waals surface area contributed by atoms with Crippen LogP contribution in [0.4, 0.5) is 11.4 Å². The monoisotopic (exact) mass is 345 g/mol. The lowest BCUT2D eigenvalue weighted by molar-refractivity contribution is 0.477. The Morgan fingerprint density at radius 2 is 2.19 bits per heavy atom. The van der Waals surface area contributed by atoms with E-state index in [1.807, 2.05) is 12.3 Å². The van der Waals surface area contributed by atoms with E-state index in [1.54, 1.807) is 0 Å². The molecular formula is C21H21N4O+. The van der Waals surface area contributed by atoms with Crippen molar-refractivity contribution in [1.82, 2.24) is 9.56 Å². The molecule has 1 aromatic heterocycles. The standard InChI is InChI=1S/C21H20N4O/c1-25-9-7-14-12-24-20-19(14)18(25)10-17(21(20)26)22-8-6-13-11-23-16-5-3-2-4-15(13)16/h2-5,10-12,23H,6-9H2,1H3,(H,22,24,26)/p+1. The van der Waals surface area contributed by atoms with E-state index in [0.717, 1.165) is 47.7 Å². The molecule has 0 atom stereocenters. The van der Waals surface area contributed by atoms with Crippen molar-refractivity contribution in [1.29, 1.82) is 0 Å². The van der Waals surface area contributed by atoms with Crippen molar-refractivity contribution in [2.45, 2.75) is 12.8 Å². The van der Waals surface area contributed by atoms with E-state index in [9.17, 15) is 5.11 Å². The predicted octanol–water partition coefficient (Wildman–Crippen LogP) is 1.92. The van der Waals surface area contributed by atoms with Crippen LogP contribution in [-0.2, 0) is 6.42 Å². The van der Waals surface area contributed by atoms with Crippen LogP contribution in [-0.4, -0.2) is 36.4 Å². The van der Waals surface area contributed by atoms with Crippen molar-refractivity contribution in [3.63, 3.8) is 0 Å². The molecule has 130 valence electrons. The molecule has 0 amide bonds. The van der Waals surface area contributed by atoms with Gasteiger partial charge in [0.05, 0.1) is 10.9 Å². The number of phenolic OH excluding ortho intramolecular Hbond substituents is 1. The smallest absolute Gasteiger partial charge is 0.211 e. The second-order valence-electron chi connectivity index (χ2n) is 7.01. The molecule has 0 saturated carbocycles. The average Bonchev–Trinajstić information content (AvgIpc) is 3.27. The summed E-state index contributed by atoms with van der Waals surface area (Å²) in [5.41, 5.74) is 5.13. The molecule has 0 radical (unpaired) electrons. The number of para-hydroxylation sites is 1. The predicted molar refractivity (Wildman–Crippen MR) is 106 cm³/mol. The van der Waals surface area contributed by atoms with Crippen molar-refractivity contribution in [2.24, 2.45) is 4.99 Å². The maximum Gasteiger partial charge on any atom is 0.211 e. The lowest BCUT2D eigenvalue weighted by Gasteiger charge is -2.11. The SMILES string of the molecule is C[N+]1=c2cc(NCCc3c[nH]c4ccccc34)c(O)c3c2=C(C=N3)CC1. The van der Waals surface area contributed by atoms with Gasteiger partial charge in [0.25, 0.3) is 0 Å². The summed E-state index contributed by atoms with van der Waals surface area (Å²) in [7, 11) is 2.09. The number of aromatic nitrogens is 1. The second kappa shape index (κ2) is 5.73. The molecule has 2 aromatic carbocycles. The van der Waals surface area contributed by atoms with Crippen LogP contribution in [0.15, 0.2) is 41.5 Å². The van der Waals surface area contributed by atoms with Gasteiger partial charge in [-0.05, 0) is 23.6 Å². The molecule has 5 nitrogen and oxygen atoms in total. The van der Waals surface area contributed by atoms with Gasteiger partial charge in [-0.3, -0.25) is 4.99 Å². The summed E-state index contributed by atoms with van der Waals surface area (Å²) in [4.78, 5) is 7.78.